The Balaban J connectivity index is 1.62. The Bertz CT molecular complexity index is 1030. The van der Waals surface area contributed by atoms with E-state index in [9.17, 15) is 14.0 Å². The molecule has 4 rings (SSSR count). The second kappa shape index (κ2) is 6.44. The number of benzene rings is 2. The monoisotopic (exact) mass is 353 g/mol. The van der Waals surface area contributed by atoms with E-state index in [-0.39, 0.29) is 30.0 Å². The van der Waals surface area contributed by atoms with Crippen molar-refractivity contribution in [1.82, 2.24) is 14.0 Å². The molecule has 1 aromatic heterocycles. The van der Waals surface area contributed by atoms with Crippen LogP contribution in [0, 0.1) is 5.82 Å². The first-order chi connectivity index (χ1) is 12.5. The zero-order valence-electron chi connectivity index (χ0n) is 14.6. The van der Waals surface area contributed by atoms with Crippen LogP contribution in [0.25, 0.3) is 11.0 Å². The molecule has 134 valence electrons. The molecule has 5 nitrogen and oxygen atoms in total. The van der Waals surface area contributed by atoms with Crippen LogP contribution in [0.2, 0.25) is 0 Å². The van der Waals surface area contributed by atoms with E-state index >= 15 is 0 Å². The highest BCUT2D eigenvalue weighted by molar-refractivity contribution is 5.81. The van der Waals surface area contributed by atoms with Crippen LogP contribution in [0.1, 0.15) is 18.4 Å². The number of rotatable bonds is 5. The van der Waals surface area contributed by atoms with Crippen LogP contribution in [0.3, 0.4) is 0 Å². The van der Waals surface area contributed by atoms with Gasteiger partial charge in [-0.1, -0.05) is 24.3 Å². The number of aryl methyl sites for hydroxylation is 1. The van der Waals surface area contributed by atoms with Crippen molar-refractivity contribution in [3.63, 3.8) is 0 Å². The van der Waals surface area contributed by atoms with Gasteiger partial charge in [0.05, 0.1) is 11.0 Å². The van der Waals surface area contributed by atoms with Gasteiger partial charge in [-0.2, -0.15) is 0 Å². The first-order valence-electron chi connectivity index (χ1n) is 8.73. The van der Waals surface area contributed by atoms with E-state index < -0.39 is 0 Å². The number of nitrogens with zero attached hydrogens (tertiary/aromatic N) is 3. The van der Waals surface area contributed by atoms with E-state index in [0.717, 1.165) is 29.4 Å². The van der Waals surface area contributed by atoms with Crippen LogP contribution >= 0.6 is 0 Å². The number of fused-ring (bicyclic) bond motifs is 1. The number of aromatic nitrogens is 2. The van der Waals surface area contributed by atoms with Crippen molar-refractivity contribution >= 4 is 16.9 Å². The largest absolute Gasteiger partial charge is 0.334 e. The minimum Gasteiger partial charge on any atom is -0.334 e. The summed E-state index contributed by atoms with van der Waals surface area (Å²) < 4.78 is 16.5. The van der Waals surface area contributed by atoms with Crippen molar-refractivity contribution in [3.8, 4) is 0 Å². The number of halogens is 1. The van der Waals surface area contributed by atoms with E-state index in [1.54, 1.807) is 22.6 Å². The topological polar surface area (TPSA) is 47.2 Å². The minimum atomic E-state index is -0.309. The first-order valence-corrected chi connectivity index (χ1v) is 8.73. The second-order valence-corrected chi connectivity index (χ2v) is 6.80. The lowest BCUT2D eigenvalue weighted by atomic mass is 10.2. The molecule has 26 heavy (non-hydrogen) atoms. The lowest BCUT2D eigenvalue weighted by Crippen LogP contribution is -2.37. The summed E-state index contributed by atoms with van der Waals surface area (Å²) in [6.45, 7) is 0.354. The fourth-order valence-corrected chi connectivity index (χ4v) is 3.38. The normalized spacial score (nSPS) is 13.9. The third kappa shape index (κ3) is 3.03. The highest BCUT2D eigenvalue weighted by Gasteiger charge is 2.33. The van der Waals surface area contributed by atoms with Crippen LogP contribution < -0.4 is 5.69 Å². The minimum absolute atomic E-state index is 0.00793. The summed E-state index contributed by atoms with van der Waals surface area (Å²) in [7, 11) is 1.71. The molecule has 0 aliphatic heterocycles. The van der Waals surface area contributed by atoms with E-state index in [4.69, 9.17) is 0 Å². The van der Waals surface area contributed by atoms with Crippen molar-refractivity contribution in [1.29, 1.82) is 0 Å². The quantitative estimate of drug-likeness (QED) is 0.708. The van der Waals surface area contributed by atoms with E-state index in [1.165, 1.54) is 16.7 Å². The lowest BCUT2D eigenvalue weighted by molar-refractivity contribution is -0.133. The standard InChI is InChI=1S/C20H20FN3O2/c1-22-17-7-2-3-8-18(17)24(20(22)26)13-19(25)23(16-9-10-16)12-14-5-4-6-15(21)11-14/h2-8,11,16H,9-10,12-13H2,1H3. The van der Waals surface area contributed by atoms with Crippen LogP contribution in [0.5, 0.6) is 0 Å². The third-order valence-corrected chi connectivity index (χ3v) is 4.90. The maximum absolute atomic E-state index is 13.5. The Kier molecular flexibility index (Phi) is 4.11. The molecule has 3 aromatic rings. The van der Waals surface area contributed by atoms with Gasteiger partial charge < -0.3 is 4.90 Å². The molecule has 1 saturated carbocycles. The molecule has 1 aliphatic carbocycles. The number of imidazole rings is 1. The molecule has 0 atom stereocenters. The molecule has 0 unspecified atom stereocenters. The summed E-state index contributed by atoms with van der Waals surface area (Å²) in [6.07, 6.45) is 1.90. The molecule has 0 spiro atoms. The van der Waals surface area contributed by atoms with Crippen LogP contribution in [-0.4, -0.2) is 26.0 Å². The summed E-state index contributed by atoms with van der Waals surface area (Å²) >= 11 is 0. The van der Waals surface area contributed by atoms with Crippen LogP contribution in [0.4, 0.5) is 4.39 Å². The molecule has 6 heteroatoms. The maximum atomic E-state index is 13.5. The fraction of sp³-hybridized carbons (Fsp3) is 0.300. The average Bonchev–Trinajstić information content (AvgIpc) is 3.44. The Morgan fingerprint density at radius 3 is 2.58 bits per heavy atom. The molecule has 1 amide bonds. The number of para-hydroxylation sites is 2. The molecule has 0 bridgehead atoms. The number of carbonyl (C=O) groups is 1. The fourth-order valence-electron chi connectivity index (χ4n) is 3.38. The van der Waals surface area contributed by atoms with Gasteiger partial charge in [0, 0.05) is 19.6 Å². The maximum Gasteiger partial charge on any atom is 0.329 e. The van der Waals surface area contributed by atoms with E-state index in [2.05, 4.69) is 0 Å². The molecule has 1 fully saturated rings. The predicted octanol–water partition coefficient (Wildman–Crippen LogP) is 2.67. The molecule has 0 saturated heterocycles. The molecule has 1 heterocycles. The summed E-state index contributed by atoms with van der Waals surface area (Å²) in [5, 5.41) is 0. The van der Waals surface area contributed by atoms with Crippen molar-refractivity contribution < 1.29 is 9.18 Å². The Labute approximate surface area is 150 Å². The van der Waals surface area contributed by atoms with E-state index in [0.29, 0.717) is 6.54 Å². The van der Waals surface area contributed by atoms with Gasteiger partial charge in [0.2, 0.25) is 5.91 Å². The number of hydrogen-bond donors (Lipinski definition) is 0. The van der Waals surface area contributed by atoms with Gasteiger partial charge >= 0.3 is 5.69 Å². The molecule has 2 aromatic carbocycles. The number of carbonyl (C=O) groups excluding carboxylic acids is 1. The zero-order chi connectivity index (χ0) is 18.3. The highest BCUT2D eigenvalue weighted by Crippen LogP contribution is 2.29. The summed E-state index contributed by atoms with van der Waals surface area (Å²) in [6, 6.07) is 13.9. The third-order valence-electron chi connectivity index (χ3n) is 4.90. The molecule has 0 N–H and O–H groups in total. The van der Waals surface area contributed by atoms with Gasteiger partial charge in [-0.05, 0) is 42.7 Å². The lowest BCUT2D eigenvalue weighted by Gasteiger charge is -2.23. The van der Waals surface area contributed by atoms with E-state index in [1.807, 2.05) is 30.3 Å². The van der Waals surface area contributed by atoms with Gasteiger partial charge in [0.25, 0.3) is 0 Å². The summed E-state index contributed by atoms with van der Waals surface area (Å²) in [5.74, 6) is -0.425. The van der Waals surface area contributed by atoms with Crippen molar-refractivity contribution in [2.75, 3.05) is 0 Å². The molecule has 0 radical (unpaired) electrons. The average molecular weight is 353 g/mol. The van der Waals surface area contributed by atoms with Gasteiger partial charge in [0.15, 0.2) is 0 Å². The second-order valence-electron chi connectivity index (χ2n) is 6.80. The van der Waals surface area contributed by atoms with Gasteiger partial charge in [0.1, 0.15) is 12.4 Å². The molecular formula is C20H20FN3O2. The Hall–Kier alpha value is -2.89. The summed E-state index contributed by atoms with van der Waals surface area (Å²) in [4.78, 5) is 27.3. The predicted molar refractivity (Wildman–Crippen MR) is 97.2 cm³/mol. The SMILES string of the molecule is Cn1c(=O)n(CC(=O)N(Cc2cccc(F)c2)C2CC2)c2ccccc21. The molecule has 1 aliphatic rings. The van der Waals surface area contributed by atoms with Crippen molar-refractivity contribution in [2.24, 2.45) is 7.05 Å². The van der Waals surface area contributed by atoms with Gasteiger partial charge in [-0.25, -0.2) is 9.18 Å². The van der Waals surface area contributed by atoms with Gasteiger partial charge in [-0.15, -0.1) is 0 Å². The Morgan fingerprint density at radius 1 is 1.15 bits per heavy atom. The first kappa shape index (κ1) is 16.6. The van der Waals surface area contributed by atoms with Crippen molar-refractivity contribution in [3.05, 3.63) is 70.4 Å². The highest BCUT2D eigenvalue weighted by atomic mass is 19.1. The smallest absolute Gasteiger partial charge is 0.329 e. The van der Waals surface area contributed by atoms with Crippen LogP contribution in [-0.2, 0) is 24.9 Å². The van der Waals surface area contributed by atoms with Crippen molar-refractivity contribution in [2.45, 2.75) is 32.0 Å². The Morgan fingerprint density at radius 2 is 1.88 bits per heavy atom. The molecular weight excluding hydrogens is 333 g/mol. The number of hydrogen-bond acceptors (Lipinski definition) is 2. The zero-order valence-corrected chi connectivity index (χ0v) is 14.6. The van der Waals surface area contributed by atoms with Crippen LogP contribution in [0.15, 0.2) is 53.3 Å². The number of amides is 1. The van der Waals surface area contributed by atoms with Gasteiger partial charge in [-0.3, -0.25) is 13.9 Å². The summed E-state index contributed by atoms with van der Waals surface area (Å²) in [5.41, 5.74) is 2.10.